The minimum absolute atomic E-state index is 0.0123. The number of hydrogen-bond acceptors (Lipinski definition) is 5. The van der Waals surface area contributed by atoms with Gasteiger partial charge in [-0.15, -0.1) is 0 Å². The number of fused-ring (bicyclic) bond motifs is 1. The van der Waals surface area contributed by atoms with E-state index in [0.29, 0.717) is 11.5 Å². The smallest absolute Gasteiger partial charge is 0.284 e. The molecule has 1 N–H and O–H groups in total. The maximum Gasteiger partial charge on any atom is 0.284 e. The second-order valence-corrected chi connectivity index (χ2v) is 6.85. The van der Waals surface area contributed by atoms with E-state index in [4.69, 9.17) is 9.47 Å². The fourth-order valence-corrected chi connectivity index (χ4v) is 2.36. The van der Waals surface area contributed by atoms with Gasteiger partial charge in [-0.25, -0.2) is 5.43 Å². The van der Waals surface area contributed by atoms with E-state index in [1.807, 2.05) is 24.3 Å². The molecule has 1 aliphatic heterocycles. The Bertz CT molecular complexity index is 782. The number of aromatic nitrogens is 1. The van der Waals surface area contributed by atoms with Gasteiger partial charge in [0.25, 0.3) is 5.91 Å². The molecule has 3 rings (SSSR count). The van der Waals surface area contributed by atoms with Crippen molar-refractivity contribution in [1.29, 1.82) is 0 Å². The third kappa shape index (κ3) is 4.15. The summed E-state index contributed by atoms with van der Waals surface area (Å²) in [5.41, 5.74) is 4.37. The molecule has 0 bridgehead atoms. The van der Waals surface area contributed by atoms with E-state index in [-0.39, 0.29) is 17.9 Å². The highest BCUT2D eigenvalue weighted by Gasteiger charge is 2.28. The molecule has 1 aromatic carbocycles. The number of nitrogens with zero attached hydrogens (tertiary/aromatic N) is 2. The van der Waals surface area contributed by atoms with Crippen molar-refractivity contribution in [3.05, 3.63) is 53.9 Å². The van der Waals surface area contributed by atoms with E-state index in [1.54, 1.807) is 18.5 Å². The van der Waals surface area contributed by atoms with E-state index in [1.165, 1.54) is 6.21 Å². The maximum absolute atomic E-state index is 12.2. The summed E-state index contributed by atoms with van der Waals surface area (Å²) in [5, 5.41) is 3.93. The van der Waals surface area contributed by atoms with Crippen LogP contribution in [-0.2, 0) is 10.2 Å². The molecule has 0 radical (unpaired) electrons. The highest BCUT2D eigenvalue weighted by atomic mass is 16.6. The molecule has 6 heteroatoms. The lowest BCUT2D eigenvalue weighted by Crippen LogP contribution is -2.42. The van der Waals surface area contributed by atoms with Gasteiger partial charge in [-0.3, -0.25) is 9.78 Å². The summed E-state index contributed by atoms with van der Waals surface area (Å²) in [5.74, 6) is 0.873. The standard InChI is InChI=1S/C19H21N3O3/c1-19(2,3)14-6-7-15-16(9-14)25-17(12-24-15)18(23)22-21-11-13-5-4-8-20-10-13/h4-11,17H,12H2,1-3H3,(H,22,23)/t17-/m0/s1. The Morgan fingerprint density at radius 3 is 2.88 bits per heavy atom. The van der Waals surface area contributed by atoms with Crippen molar-refractivity contribution in [3.63, 3.8) is 0 Å². The van der Waals surface area contributed by atoms with Gasteiger partial charge >= 0.3 is 0 Å². The van der Waals surface area contributed by atoms with Crippen LogP contribution in [0.3, 0.4) is 0 Å². The Balaban J connectivity index is 1.65. The van der Waals surface area contributed by atoms with Crippen molar-refractivity contribution >= 4 is 12.1 Å². The number of hydrazone groups is 1. The summed E-state index contributed by atoms with van der Waals surface area (Å²) in [6, 6.07) is 9.46. The number of carbonyl (C=O) groups excluding carboxylic acids is 1. The zero-order valence-corrected chi connectivity index (χ0v) is 14.5. The molecule has 1 aromatic heterocycles. The Morgan fingerprint density at radius 1 is 1.32 bits per heavy atom. The molecule has 0 fully saturated rings. The van der Waals surface area contributed by atoms with Crippen molar-refractivity contribution in [1.82, 2.24) is 10.4 Å². The highest BCUT2D eigenvalue weighted by Crippen LogP contribution is 2.36. The molecule has 130 valence electrons. The average Bonchev–Trinajstić information content (AvgIpc) is 2.61. The fourth-order valence-electron chi connectivity index (χ4n) is 2.36. The quantitative estimate of drug-likeness (QED) is 0.689. The van der Waals surface area contributed by atoms with Gasteiger partial charge in [-0.1, -0.05) is 32.9 Å². The van der Waals surface area contributed by atoms with Crippen molar-refractivity contribution in [2.75, 3.05) is 6.61 Å². The van der Waals surface area contributed by atoms with Gasteiger partial charge in [-0.2, -0.15) is 5.10 Å². The lowest BCUT2D eigenvalue weighted by molar-refractivity contribution is -0.130. The van der Waals surface area contributed by atoms with Crippen LogP contribution in [0.2, 0.25) is 0 Å². The van der Waals surface area contributed by atoms with Gasteiger partial charge < -0.3 is 9.47 Å². The number of hydrogen-bond donors (Lipinski definition) is 1. The minimum Gasteiger partial charge on any atom is -0.485 e. The molecule has 2 heterocycles. The predicted molar refractivity (Wildman–Crippen MR) is 95.0 cm³/mol. The molecule has 6 nitrogen and oxygen atoms in total. The van der Waals surface area contributed by atoms with Gasteiger partial charge in [-0.05, 0) is 29.2 Å². The van der Waals surface area contributed by atoms with Crippen molar-refractivity contribution in [3.8, 4) is 11.5 Å². The van der Waals surface area contributed by atoms with Crippen LogP contribution in [0.5, 0.6) is 11.5 Å². The number of amides is 1. The molecule has 0 aliphatic carbocycles. The summed E-state index contributed by atoms with van der Waals surface area (Å²) < 4.78 is 11.5. The van der Waals surface area contributed by atoms with Crippen molar-refractivity contribution in [2.24, 2.45) is 5.10 Å². The summed E-state index contributed by atoms with van der Waals surface area (Å²) >= 11 is 0. The maximum atomic E-state index is 12.2. The molecule has 25 heavy (non-hydrogen) atoms. The first-order chi connectivity index (χ1) is 11.9. The first-order valence-electron chi connectivity index (χ1n) is 8.10. The SMILES string of the molecule is CC(C)(C)c1ccc2c(c1)O[C@H](C(=O)NN=Cc1cccnc1)CO2. The van der Waals surface area contributed by atoms with Crippen LogP contribution >= 0.6 is 0 Å². The van der Waals surface area contributed by atoms with E-state index in [2.05, 4.69) is 36.3 Å². The van der Waals surface area contributed by atoms with Crippen molar-refractivity contribution < 1.29 is 14.3 Å². The second kappa shape index (κ2) is 6.93. The van der Waals surface area contributed by atoms with Gasteiger partial charge in [0.15, 0.2) is 11.5 Å². The van der Waals surface area contributed by atoms with Crippen LogP contribution in [0.25, 0.3) is 0 Å². The third-order valence-corrected chi connectivity index (χ3v) is 3.83. The zero-order chi connectivity index (χ0) is 17.9. The van der Waals surface area contributed by atoms with Crippen LogP contribution in [0, 0.1) is 0 Å². The first-order valence-corrected chi connectivity index (χ1v) is 8.10. The van der Waals surface area contributed by atoms with Gasteiger partial charge in [0.05, 0.1) is 6.21 Å². The average molecular weight is 339 g/mol. The second-order valence-electron chi connectivity index (χ2n) is 6.85. The van der Waals surface area contributed by atoms with Crippen LogP contribution in [0.1, 0.15) is 31.9 Å². The summed E-state index contributed by atoms with van der Waals surface area (Å²) in [6.07, 6.45) is 4.11. The van der Waals surface area contributed by atoms with Crippen LogP contribution < -0.4 is 14.9 Å². The molecule has 0 unspecified atom stereocenters. The molecule has 0 spiro atoms. The molecule has 0 saturated heterocycles. The van der Waals surface area contributed by atoms with Crippen LogP contribution in [0.4, 0.5) is 0 Å². The minimum atomic E-state index is -0.742. The Kier molecular flexibility index (Phi) is 4.70. The van der Waals surface area contributed by atoms with E-state index in [0.717, 1.165) is 11.1 Å². The summed E-state index contributed by atoms with van der Waals surface area (Å²) in [7, 11) is 0. The number of rotatable bonds is 3. The van der Waals surface area contributed by atoms with E-state index >= 15 is 0 Å². The van der Waals surface area contributed by atoms with E-state index < -0.39 is 6.10 Å². The van der Waals surface area contributed by atoms with Gasteiger partial charge in [0.1, 0.15) is 6.61 Å². The molecule has 1 aliphatic rings. The topological polar surface area (TPSA) is 72.8 Å². The lowest BCUT2D eigenvalue weighted by atomic mass is 9.87. The van der Waals surface area contributed by atoms with Crippen LogP contribution in [-0.4, -0.2) is 29.8 Å². The third-order valence-electron chi connectivity index (χ3n) is 3.83. The summed E-state index contributed by atoms with van der Waals surface area (Å²) in [4.78, 5) is 16.2. The molecule has 2 aromatic rings. The number of nitrogens with one attached hydrogen (secondary N) is 1. The van der Waals surface area contributed by atoms with Gasteiger partial charge in [0.2, 0.25) is 6.10 Å². The first kappa shape index (κ1) is 17.0. The fraction of sp³-hybridized carbons (Fsp3) is 0.316. The Morgan fingerprint density at radius 2 is 2.16 bits per heavy atom. The number of carbonyl (C=O) groups is 1. The summed E-state index contributed by atoms with van der Waals surface area (Å²) in [6.45, 7) is 6.51. The van der Waals surface area contributed by atoms with E-state index in [9.17, 15) is 4.79 Å². The highest BCUT2D eigenvalue weighted by molar-refractivity contribution is 5.84. The molecule has 1 amide bonds. The zero-order valence-electron chi connectivity index (χ0n) is 14.5. The van der Waals surface area contributed by atoms with Crippen LogP contribution in [0.15, 0.2) is 47.8 Å². The lowest BCUT2D eigenvalue weighted by Gasteiger charge is -2.27. The normalized spacial score (nSPS) is 16.7. The van der Waals surface area contributed by atoms with Crippen molar-refractivity contribution in [2.45, 2.75) is 32.3 Å². The number of pyridine rings is 1. The predicted octanol–water partition coefficient (Wildman–Crippen LogP) is 2.67. The Labute approximate surface area is 146 Å². The molecular formula is C19H21N3O3. The number of benzene rings is 1. The Hall–Kier alpha value is -2.89. The molecule has 1 atom stereocenters. The number of ether oxygens (including phenoxy) is 2. The largest absolute Gasteiger partial charge is 0.485 e. The monoisotopic (exact) mass is 339 g/mol. The molecular weight excluding hydrogens is 318 g/mol. The molecule has 0 saturated carbocycles. The van der Waals surface area contributed by atoms with Gasteiger partial charge in [0, 0.05) is 18.0 Å².